The van der Waals surface area contributed by atoms with Crippen molar-refractivity contribution in [2.75, 3.05) is 0 Å². The van der Waals surface area contributed by atoms with Gasteiger partial charge in [0.15, 0.2) is 5.65 Å². The number of nitrogens with zero attached hydrogens (tertiary/aromatic N) is 2. The summed E-state index contributed by atoms with van der Waals surface area (Å²) in [5, 5.41) is 0.795. The lowest BCUT2D eigenvalue weighted by molar-refractivity contribution is 0.588. The Hall–Kier alpha value is -1.66. The van der Waals surface area contributed by atoms with Crippen LogP contribution in [-0.4, -0.2) is 17.4 Å². The van der Waals surface area contributed by atoms with E-state index in [1.807, 2.05) is 6.07 Å². The average Bonchev–Trinajstić information content (AvgIpc) is 2.83. The monoisotopic (exact) mass is 336 g/mol. The van der Waals surface area contributed by atoms with Crippen LogP contribution in [0.3, 0.4) is 0 Å². The van der Waals surface area contributed by atoms with Crippen molar-refractivity contribution in [1.82, 2.24) is 8.96 Å². The molecule has 96 valence electrons. The lowest BCUT2D eigenvalue weighted by Gasteiger charge is -2.06. The molecule has 0 fully saturated rings. The van der Waals surface area contributed by atoms with Gasteiger partial charge in [-0.3, -0.25) is 0 Å². The molecular weight excluding hydrogens is 328 g/mol. The van der Waals surface area contributed by atoms with Crippen LogP contribution in [-0.2, 0) is 10.0 Å². The normalized spacial score (nSPS) is 11.8. The maximum absolute atomic E-state index is 12.5. The molecule has 3 aromatic rings. The van der Waals surface area contributed by atoms with E-state index in [4.69, 9.17) is 0 Å². The van der Waals surface area contributed by atoms with Crippen molar-refractivity contribution in [3.8, 4) is 0 Å². The number of halogens is 1. The van der Waals surface area contributed by atoms with Crippen LogP contribution in [0.5, 0.6) is 0 Å². The van der Waals surface area contributed by atoms with Gasteiger partial charge in [-0.2, -0.15) is 0 Å². The van der Waals surface area contributed by atoms with E-state index >= 15 is 0 Å². The Balaban J connectivity index is 2.22. The fourth-order valence-corrected chi connectivity index (χ4v) is 3.43. The SMILES string of the molecule is O=S(=O)(c1ccc(Br)cc1)n1ccc2cccnc21. The van der Waals surface area contributed by atoms with Crippen LogP contribution in [0.2, 0.25) is 0 Å². The van der Waals surface area contributed by atoms with Crippen molar-refractivity contribution in [1.29, 1.82) is 0 Å². The first-order valence-electron chi connectivity index (χ1n) is 5.52. The van der Waals surface area contributed by atoms with Crippen molar-refractivity contribution in [3.63, 3.8) is 0 Å². The Bertz CT molecular complexity index is 838. The van der Waals surface area contributed by atoms with Gasteiger partial charge in [0.2, 0.25) is 0 Å². The first kappa shape index (κ1) is 12.4. The summed E-state index contributed by atoms with van der Waals surface area (Å²) in [6.07, 6.45) is 3.10. The summed E-state index contributed by atoms with van der Waals surface area (Å²) in [5.74, 6) is 0. The van der Waals surface area contributed by atoms with Gasteiger partial charge in [-0.15, -0.1) is 0 Å². The smallest absolute Gasteiger partial charge is 0.237 e. The van der Waals surface area contributed by atoms with E-state index in [1.165, 1.54) is 10.2 Å². The van der Waals surface area contributed by atoms with Gasteiger partial charge in [-0.25, -0.2) is 17.4 Å². The molecule has 0 atom stereocenters. The third-order valence-corrected chi connectivity index (χ3v) is 4.99. The molecule has 6 heteroatoms. The highest BCUT2D eigenvalue weighted by Gasteiger charge is 2.19. The Labute approximate surface area is 118 Å². The highest BCUT2D eigenvalue weighted by atomic mass is 79.9. The number of fused-ring (bicyclic) bond motifs is 1. The molecular formula is C13H9BrN2O2S. The maximum Gasteiger partial charge on any atom is 0.269 e. The number of pyridine rings is 1. The van der Waals surface area contributed by atoms with Crippen LogP contribution in [0, 0.1) is 0 Å². The third-order valence-electron chi connectivity index (χ3n) is 2.79. The highest BCUT2D eigenvalue weighted by Crippen LogP contribution is 2.21. The van der Waals surface area contributed by atoms with Crippen LogP contribution in [0.15, 0.2) is 64.2 Å². The van der Waals surface area contributed by atoms with Gasteiger partial charge < -0.3 is 0 Å². The molecule has 0 saturated heterocycles. The molecule has 2 heterocycles. The maximum atomic E-state index is 12.5. The standard InChI is InChI=1S/C13H9BrN2O2S/c14-11-3-5-12(6-4-11)19(17,18)16-9-7-10-2-1-8-15-13(10)16/h1-9H. The first-order chi connectivity index (χ1) is 9.09. The van der Waals surface area contributed by atoms with Gasteiger partial charge in [0.1, 0.15) is 0 Å². The summed E-state index contributed by atoms with van der Waals surface area (Å²) in [5.41, 5.74) is 0.436. The molecule has 0 amide bonds. The van der Waals surface area contributed by atoms with Crippen LogP contribution in [0.1, 0.15) is 0 Å². The molecule has 0 N–H and O–H groups in total. The van der Waals surface area contributed by atoms with Gasteiger partial charge in [0.25, 0.3) is 10.0 Å². The van der Waals surface area contributed by atoms with E-state index in [9.17, 15) is 8.42 Å². The van der Waals surface area contributed by atoms with E-state index in [2.05, 4.69) is 20.9 Å². The van der Waals surface area contributed by atoms with Crippen LogP contribution in [0.25, 0.3) is 11.0 Å². The first-order valence-corrected chi connectivity index (χ1v) is 7.75. The lowest BCUT2D eigenvalue weighted by atomic mass is 10.3. The van der Waals surface area contributed by atoms with Crippen molar-refractivity contribution in [3.05, 3.63) is 59.3 Å². The fraction of sp³-hybridized carbons (Fsp3) is 0. The Morgan fingerprint density at radius 3 is 2.53 bits per heavy atom. The van der Waals surface area contributed by atoms with Crippen molar-refractivity contribution in [2.24, 2.45) is 0 Å². The molecule has 2 aromatic heterocycles. The molecule has 4 nitrogen and oxygen atoms in total. The topological polar surface area (TPSA) is 52.0 Å². The van der Waals surface area contributed by atoms with Crippen molar-refractivity contribution < 1.29 is 8.42 Å². The Morgan fingerprint density at radius 2 is 1.79 bits per heavy atom. The minimum atomic E-state index is -3.61. The van der Waals surface area contributed by atoms with Gasteiger partial charge in [0, 0.05) is 22.3 Å². The Morgan fingerprint density at radius 1 is 1.05 bits per heavy atom. The number of rotatable bonds is 2. The Kier molecular flexibility index (Phi) is 2.91. The van der Waals surface area contributed by atoms with E-state index < -0.39 is 10.0 Å². The van der Waals surface area contributed by atoms with Crippen LogP contribution < -0.4 is 0 Å². The number of aromatic nitrogens is 2. The summed E-state index contributed by atoms with van der Waals surface area (Å²) in [4.78, 5) is 4.36. The second kappa shape index (κ2) is 4.47. The second-order valence-corrected chi connectivity index (χ2v) is 6.72. The molecule has 0 aliphatic heterocycles. The molecule has 3 rings (SSSR count). The summed E-state index contributed by atoms with van der Waals surface area (Å²) in [7, 11) is -3.61. The third kappa shape index (κ3) is 2.06. The molecule has 0 aliphatic carbocycles. The van der Waals surface area contributed by atoms with Crippen molar-refractivity contribution >= 4 is 37.0 Å². The zero-order chi connectivity index (χ0) is 13.5. The molecule has 0 radical (unpaired) electrons. The summed E-state index contributed by atoms with van der Waals surface area (Å²) in [6.45, 7) is 0. The molecule has 1 aromatic carbocycles. The van der Waals surface area contributed by atoms with Gasteiger partial charge in [0.05, 0.1) is 4.90 Å². The molecule has 0 aliphatic rings. The van der Waals surface area contributed by atoms with Gasteiger partial charge in [-0.1, -0.05) is 15.9 Å². The quantitative estimate of drug-likeness (QED) is 0.722. The van der Waals surface area contributed by atoms with E-state index in [1.54, 1.807) is 42.6 Å². The predicted octanol–water partition coefficient (Wildman–Crippen LogP) is 3.04. The number of hydrogen-bond donors (Lipinski definition) is 0. The van der Waals surface area contributed by atoms with Crippen LogP contribution >= 0.6 is 15.9 Å². The number of benzene rings is 1. The minimum Gasteiger partial charge on any atom is -0.237 e. The second-order valence-electron chi connectivity index (χ2n) is 3.99. The summed E-state index contributed by atoms with van der Waals surface area (Å²) < 4.78 is 27.1. The molecule has 0 unspecified atom stereocenters. The highest BCUT2D eigenvalue weighted by molar-refractivity contribution is 9.10. The summed E-state index contributed by atoms with van der Waals surface area (Å²) >= 11 is 3.29. The largest absolute Gasteiger partial charge is 0.269 e. The molecule has 0 bridgehead atoms. The average molecular weight is 337 g/mol. The van der Waals surface area contributed by atoms with Gasteiger partial charge >= 0.3 is 0 Å². The van der Waals surface area contributed by atoms with Gasteiger partial charge in [-0.05, 0) is 42.5 Å². The molecule has 0 spiro atoms. The summed E-state index contributed by atoms with van der Waals surface area (Å²) in [6, 6.07) is 11.9. The zero-order valence-corrected chi connectivity index (χ0v) is 12.1. The fourth-order valence-electron chi connectivity index (χ4n) is 1.86. The minimum absolute atomic E-state index is 0.235. The van der Waals surface area contributed by atoms with E-state index in [0.717, 1.165) is 9.86 Å². The van der Waals surface area contributed by atoms with E-state index in [0.29, 0.717) is 5.65 Å². The van der Waals surface area contributed by atoms with E-state index in [-0.39, 0.29) is 4.90 Å². The zero-order valence-electron chi connectivity index (χ0n) is 9.69. The lowest BCUT2D eigenvalue weighted by Crippen LogP contribution is -2.12. The molecule has 19 heavy (non-hydrogen) atoms. The van der Waals surface area contributed by atoms with Crippen LogP contribution in [0.4, 0.5) is 0 Å². The number of hydrogen-bond acceptors (Lipinski definition) is 3. The predicted molar refractivity (Wildman–Crippen MR) is 76.5 cm³/mol. The molecule has 0 saturated carbocycles. The van der Waals surface area contributed by atoms with Crippen molar-refractivity contribution in [2.45, 2.75) is 4.90 Å².